The lowest BCUT2D eigenvalue weighted by Crippen LogP contribution is -2.37. The molecule has 0 aromatic heterocycles. The number of nitrogens with one attached hydrogen (secondary N) is 1. The number of amides is 1. The Bertz CT molecular complexity index is 424. The smallest absolute Gasteiger partial charge is 0.410 e. The van der Waals surface area contributed by atoms with E-state index in [9.17, 15) is 14.4 Å². The zero-order chi connectivity index (χ0) is 19.4. The number of carboxylic acid groups (broad SMARTS) is 1. The largest absolute Gasteiger partial charge is 0.481 e. The molecule has 0 saturated heterocycles. The lowest BCUT2D eigenvalue weighted by Gasteiger charge is -2.23. The average Bonchev–Trinajstić information content (AvgIpc) is 2.51. The van der Waals surface area contributed by atoms with Gasteiger partial charge in [0.25, 0.3) is 6.29 Å². The number of alkyl carbamates (subject to hydrolysis) is 1. The summed E-state index contributed by atoms with van der Waals surface area (Å²) in [7, 11) is 0. The molecule has 7 heteroatoms. The zero-order valence-electron chi connectivity index (χ0n) is 16.0. The van der Waals surface area contributed by atoms with E-state index in [0.29, 0.717) is 5.92 Å². The third kappa shape index (κ3) is 11.4. The lowest BCUT2D eigenvalue weighted by molar-refractivity contribution is -0.174. The molecule has 0 fully saturated rings. The van der Waals surface area contributed by atoms with Gasteiger partial charge in [0.05, 0.1) is 0 Å². The minimum atomic E-state index is -0.954. The molecule has 2 N–H and O–H groups in total. The summed E-state index contributed by atoms with van der Waals surface area (Å²) in [5, 5.41) is 11.6. The van der Waals surface area contributed by atoms with E-state index in [4.69, 9.17) is 14.6 Å². The van der Waals surface area contributed by atoms with Crippen molar-refractivity contribution in [2.24, 2.45) is 17.8 Å². The monoisotopic (exact) mass is 359 g/mol. The third-order valence-corrected chi connectivity index (χ3v) is 3.82. The van der Waals surface area contributed by atoms with Crippen LogP contribution in [0.5, 0.6) is 0 Å². The van der Waals surface area contributed by atoms with Crippen molar-refractivity contribution in [1.29, 1.82) is 0 Å². The summed E-state index contributed by atoms with van der Waals surface area (Å²) in [6.07, 6.45) is 1.30. The molecule has 0 aromatic rings. The molecule has 0 bridgehead atoms. The molecule has 0 rings (SSSR count). The summed E-state index contributed by atoms with van der Waals surface area (Å²) < 4.78 is 10.2. The molecular formula is C18H33NO6. The highest BCUT2D eigenvalue weighted by atomic mass is 16.7. The molecular weight excluding hydrogens is 326 g/mol. The number of carboxylic acids is 1. The highest BCUT2D eigenvalue weighted by Crippen LogP contribution is 2.19. The molecule has 0 saturated carbocycles. The van der Waals surface area contributed by atoms with E-state index < -0.39 is 24.3 Å². The molecule has 0 aromatic carbocycles. The maximum absolute atomic E-state index is 12.0. The first kappa shape index (κ1) is 23.2. The summed E-state index contributed by atoms with van der Waals surface area (Å²) in [4.78, 5) is 34.4. The fraction of sp³-hybridized carbons (Fsp3) is 0.833. The van der Waals surface area contributed by atoms with E-state index in [0.717, 1.165) is 19.3 Å². The highest BCUT2D eigenvalue weighted by molar-refractivity contribution is 5.70. The van der Waals surface area contributed by atoms with Gasteiger partial charge in [0.2, 0.25) is 0 Å². The fourth-order valence-electron chi connectivity index (χ4n) is 2.55. The quantitative estimate of drug-likeness (QED) is 0.408. The molecule has 25 heavy (non-hydrogen) atoms. The Morgan fingerprint density at radius 3 is 2.20 bits per heavy atom. The summed E-state index contributed by atoms with van der Waals surface area (Å²) in [5.74, 6) is -1.28. The van der Waals surface area contributed by atoms with Gasteiger partial charge in [0.1, 0.15) is 0 Å². The topological polar surface area (TPSA) is 102 Å². The van der Waals surface area contributed by atoms with Crippen LogP contribution in [0, 0.1) is 17.8 Å². The van der Waals surface area contributed by atoms with Crippen molar-refractivity contribution in [1.82, 2.24) is 5.32 Å². The highest BCUT2D eigenvalue weighted by Gasteiger charge is 2.23. The van der Waals surface area contributed by atoms with Crippen molar-refractivity contribution in [3.05, 3.63) is 0 Å². The number of ether oxygens (including phenoxy) is 2. The van der Waals surface area contributed by atoms with Crippen molar-refractivity contribution >= 4 is 18.0 Å². The van der Waals surface area contributed by atoms with Crippen molar-refractivity contribution in [3.8, 4) is 0 Å². The summed E-state index contributed by atoms with van der Waals surface area (Å²) in [6.45, 7) is 9.60. The normalized spacial score (nSPS) is 14.5. The second kappa shape index (κ2) is 12.6. The standard InChI is InChI=1S/C18H33NO6/c1-6-8-13(5)9-14(10-15(20)21)11-19-18(23)25-17(12(3)4)24-16(22)7-2/h12-14,17H,6-11H2,1-5H3,(H,19,23)(H,20,21)/t13-,14+,17-/m1/s1. The van der Waals surface area contributed by atoms with Gasteiger partial charge in [-0.25, -0.2) is 4.79 Å². The number of hydrogen-bond donors (Lipinski definition) is 2. The average molecular weight is 359 g/mol. The molecule has 3 atom stereocenters. The lowest BCUT2D eigenvalue weighted by atomic mass is 9.90. The predicted octanol–water partition coefficient (Wildman–Crippen LogP) is 3.57. The SMILES string of the molecule is CCC[C@@H](C)C[C@H](CNC(=O)O[C@@H](OC(=O)CC)C(C)C)CC(=O)O. The second-order valence-corrected chi connectivity index (χ2v) is 6.84. The third-order valence-electron chi connectivity index (χ3n) is 3.82. The van der Waals surface area contributed by atoms with E-state index in [2.05, 4.69) is 19.2 Å². The Labute approximate surface area is 150 Å². The van der Waals surface area contributed by atoms with Gasteiger partial charge in [-0.05, 0) is 18.3 Å². The van der Waals surface area contributed by atoms with Crippen LogP contribution in [0.3, 0.4) is 0 Å². The summed E-state index contributed by atoms with van der Waals surface area (Å²) in [6, 6.07) is 0. The van der Waals surface area contributed by atoms with Crippen molar-refractivity contribution < 1.29 is 29.0 Å². The van der Waals surface area contributed by atoms with E-state index >= 15 is 0 Å². The van der Waals surface area contributed by atoms with Gasteiger partial charge in [-0.2, -0.15) is 0 Å². The van der Waals surface area contributed by atoms with Crippen LogP contribution >= 0.6 is 0 Å². The van der Waals surface area contributed by atoms with Crippen LogP contribution in [-0.2, 0) is 19.1 Å². The first-order valence-corrected chi connectivity index (χ1v) is 9.05. The van der Waals surface area contributed by atoms with Gasteiger partial charge in [-0.1, -0.05) is 47.5 Å². The number of carbonyl (C=O) groups is 3. The number of aliphatic carboxylic acids is 1. The second-order valence-electron chi connectivity index (χ2n) is 6.84. The van der Waals surface area contributed by atoms with E-state index in [1.165, 1.54) is 0 Å². The Morgan fingerprint density at radius 2 is 1.72 bits per heavy atom. The minimum absolute atomic E-state index is 0.00718. The molecule has 0 spiro atoms. The summed E-state index contributed by atoms with van der Waals surface area (Å²) >= 11 is 0. The van der Waals surface area contributed by atoms with Crippen LogP contribution in [0.4, 0.5) is 4.79 Å². The Hall–Kier alpha value is -1.79. The Balaban J connectivity index is 4.55. The van der Waals surface area contributed by atoms with Gasteiger partial charge >= 0.3 is 18.0 Å². The van der Waals surface area contributed by atoms with Gasteiger partial charge < -0.3 is 19.9 Å². The van der Waals surface area contributed by atoms with Crippen LogP contribution in [-0.4, -0.2) is 36.0 Å². The van der Waals surface area contributed by atoms with Crippen molar-refractivity contribution in [2.45, 2.75) is 73.0 Å². The van der Waals surface area contributed by atoms with E-state index in [1.54, 1.807) is 20.8 Å². The molecule has 0 aliphatic carbocycles. The number of rotatable bonds is 12. The molecule has 0 unspecified atom stereocenters. The molecule has 0 aliphatic heterocycles. The summed E-state index contributed by atoms with van der Waals surface area (Å²) in [5.41, 5.74) is 0. The van der Waals surface area contributed by atoms with Gasteiger partial charge in [-0.15, -0.1) is 0 Å². The van der Waals surface area contributed by atoms with E-state index in [1.807, 2.05) is 0 Å². The first-order valence-electron chi connectivity index (χ1n) is 9.05. The molecule has 0 heterocycles. The van der Waals surface area contributed by atoms with E-state index in [-0.39, 0.29) is 31.2 Å². The van der Waals surface area contributed by atoms with Gasteiger partial charge in [0, 0.05) is 25.3 Å². The molecule has 146 valence electrons. The molecule has 7 nitrogen and oxygen atoms in total. The van der Waals surface area contributed by atoms with Gasteiger partial charge in [-0.3, -0.25) is 9.59 Å². The number of carbonyl (C=O) groups excluding carboxylic acids is 2. The van der Waals surface area contributed by atoms with Crippen LogP contribution < -0.4 is 5.32 Å². The van der Waals surface area contributed by atoms with Crippen LogP contribution in [0.15, 0.2) is 0 Å². The minimum Gasteiger partial charge on any atom is -0.481 e. The molecule has 0 radical (unpaired) electrons. The van der Waals surface area contributed by atoms with Crippen LogP contribution in [0.2, 0.25) is 0 Å². The van der Waals surface area contributed by atoms with Gasteiger partial charge in [0.15, 0.2) is 0 Å². The molecule has 1 amide bonds. The first-order chi connectivity index (χ1) is 11.7. The van der Waals surface area contributed by atoms with Crippen molar-refractivity contribution in [2.75, 3.05) is 6.54 Å². The predicted molar refractivity (Wildman–Crippen MR) is 93.9 cm³/mol. The Morgan fingerprint density at radius 1 is 1.08 bits per heavy atom. The molecule has 0 aliphatic rings. The Kier molecular flexibility index (Phi) is 11.7. The zero-order valence-corrected chi connectivity index (χ0v) is 16.0. The van der Waals surface area contributed by atoms with Crippen molar-refractivity contribution in [3.63, 3.8) is 0 Å². The number of esters is 1. The van der Waals surface area contributed by atoms with Crippen LogP contribution in [0.25, 0.3) is 0 Å². The maximum atomic E-state index is 12.0. The number of hydrogen-bond acceptors (Lipinski definition) is 5. The van der Waals surface area contributed by atoms with Crippen LogP contribution in [0.1, 0.15) is 66.7 Å². The maximum Gasteiger partial charge on any atom is 0.410 e. The fourth-order valence-corrected chi connectivity index (χ4v) is 2.55.